The number of fused-ring (bicyclic) bond motifs is 3. The van der Waals surface area contributed by atoms with Gasteiger partial charge in [0.15, 0.2) is 5.11 Å². The first-order valence-electron chi connectivity index (χ1n) is 8.50. The lowest BCUT2D eigenvalue weighted by Gasteiger charge is -2.24. The quantitative estimate of drug-likeness (QED) is 0.536. The van der Waals surface area contributed by atoms with Crippen LogP contribution in [0.5, 0.6) is 0 Å². The van der Waals surface area contributed by atoms with Gasteiger partial charge in [0, 0.05) is 35.4 Å². The van der Waals surface area contributed by atoms with Gasteiger partial charge < -0.3 is 10.6 Å². The highest BCUT2D eigenvalue weighted by atomic mass is 32.1. The monoisotopic (exact) mass is 336 g/mol. The molecule has 4 rings (SSSR count). The van der Waals surface area contributed by atoms with Gasteiger partial charge in [-0.1, -0.05) is 19.3 Å². The number of benzene rings is 1. The highest BCUT2D eigenvalue weighted by Crippen LogP contribution is 2.30. The van der Waals surface area contributed by atoms with E-state index >= 15 is 0 Å². The van der Waals surface area contributed by atoms with Crippen LogP contribution in [0, 0.1) is 0 Å². The highest BCUT2D eigenvalue weighted by Gasteiger charge is 2.15. The van der Waals surface area contributed by atoms with Crippen molar-refractivity contribution in [3.63, 3.8) is 0 Å². The van der Waals surface area contributed by atoms with E-state index in [0.717, 1.165) is 27.4 Å². The Labute approximate surface area is 146 Å². The van der Waals surface area contributed by atoms with Gasteiger partial charge >= 0.3 is 0 Å². The summed E-state index contributed by atoms with van der Waals surface area (Å²) in [6, 6.07) is 8.64. The molecule has 0 aliphatic heterocycles. The Kier molecular flexibility index (Phi) is 4.26. The van der Waals surface area contributed by atoms with Gasteiger partial charge in [0.2, 0.25) is 0 Å². The molecule has 1 aliphatic carbocycles. The maximum atomic E-state index is 5.55. The van der Waals surface area contributed by atoms with Crippen LogP contribution < -0.4 is 10.6 Å². The Morgan fingerprint density at radius 1 is 1.08 bits per heavy atom. The van der Waals surface area contributed by atoms with Crippen molar-refractivity contribution in [2.24, 2.45) is 0 Å². The molecule has 0 spiro atoms. The number of aromatic nitrogens is 2. The second kappa shape index (κ2) is 6.69. The number of nitrogens with zero attached hydrogens (tertiary/aromatic N) is 2. The van der Waals surface area contributed by atoms with E-state index < -0.39 is 0 Å². The number of hydrogen-bond acceptors (Lipinski definition) is 3. The molecular weight excluding hydrogens is 316 g/mol. The summed E-state index contributed by atoms with van der Waals surface area (Å²) in [5, 5.41) is 10.8. The summed E-state index contributed by atoms with van der Waals surface area (Å²) in [5.74, 6) is 0. The topological polar surface area (TPSA) is 49.8 Å². The summed E-state index contributed by atoms with van der Waals surface area (Å²) >= 11 is 5.55. The van der Waals surface area contributed by atoms with Crippen molar-refractivity contribution in [2.75, 3.05) is 5.32 Å². The molecule has 122 valence electrons. The summed E-state index contributed by atoms with van der Waals surface area (Å²) < 4.78 is 0. The Morgan fingerprint density at radius 3 is 2.83 bits per heavy atom. The van der Waals surface area contributed by atoms with E-state index in [4.69, 9.17) is 12.2 Å². The Balaban J connectivity index is 1.66. The lowest BCUT2D eigenvalue weighted by Crippen LogP contribution is -2.38. The summed E-state index contributed by atoms with van der Waals surface area (Å²) in [6.07, 6.45) is 11.8. The summed E-state index contributed by atoms with van der Waals surface area (Å²) in [4.78, 5) is 8.78. The number of pyridine rings is 2. The lowest BCUT2D eigenvalue weighted by molar-refractivity contribution is 0.415. The van der Waals surface area contributed by atoms with Crippen molar-refractivity contribution in [3.8, 4) is 0 Å². The third-order valence-corrected chi connectivity index (χ3v) is 4.92. The van der Waals surface area contributed by atoms with Crippen molar-refractivity contribution in [3.05, 3.63) is 42.9 Å². The van der Waals surface area contributed by atoms with E-state index in [1.807, 2.05) is 24.5 Å². The van der Waals surface area contributed by atoms with Crippen molar-refractivity contribution in [1.29, 1.82) is 0 Å². The SMILES string of the molecule is S=C(Nc1cc2ccncc2c2ncccc12)NC1CCCCC1. The minimum Gasteiger partial charge on any atom is -0.360 e. The summed E-state index contributed by atoms with van der Waals surface area (Å²) in [5.41, 5.74) is 1.94. The summed E-state index contributed by atoms with van der Waals surface area (Å²) in [7, 11) is 0. The van der Waals surface area contributed by atoms with Crippen LogP contribution in [-0.4, -0.2) is 21.1 Å². The second-order valence-corrected chi connectivity index (χ2v) is 6.76. The van der Waals surface area contributed by atoms with Crippen molar-refractivity contribution >= 4 is 44.7 Å². The minimum atomic E-state index is 0.493. The molecule has 4 nitrogen and oxygen atoms in total. The van der Waals surface area contributed by atoms with Gasteiger partial charge in [-0.25, -0.2) is 0 Å². The molecule has 2 N–H and O–H groups in total. The number of nitrogens with one attached hydrogen (secondary N) is 2. The molecule has 3 aromatic rings. The Morgan fingerprint density at radius 2 is 1.96 bits per heavy atom. The number of anilines is 1. The van der Waals surface area contributed by atoms with Gasteiger partial charge in [-0.05, 0) is 54.7 Å². The van der Waals surface area contributed by atoms with E-state index in [0.29, 0.717) is 11.2 Å². The molecular formula is C19H20N4S. The molecule has 1 fully saturated rings. The van der Waals surface area contributed by atoms with Crippen LogP contribution in [0.4, 0.5) is 5.69 Å². The zero-order valence-electron chi connectivity index (χ0n) is 13.5. The molecule has 0 radical (unpaired) electrons. The third kappa shape index (κ3) is 3.04. The normalized spacial score (nSPS) is 15.5. The second-order valence-electron chi connectivity index (χ2n) is 6.35. The maximum absolute atomic E-state index is 5.55. The minimum absolute atomic E-state index is 0.493. The van der Waals surface area contributed by atoms with E-state index in [2.05, 4.69) is 32.7 Å². The van der Waals surface area contributed by atoms with E-state index in [1.165, 1.54) is 32.1 Å². The number of thiocarbonyl (C=S) groups is 1. The fraction of sp³-hybridized carbons (Fsp3) is 0.316. The molecule has 5 heteroatoms. The standard InChI is InChI=1S/C19H20N4S/c24-19(22-14-5-2-1-3-6-14)23-17-11-13-8-10-20-12-16(13)18-15(17)7-4-9-21-18/h4,7-12,14H,1-3,5-6H2,(H2,22,23,24). The first-order chi connectivity index (χ1) is 11.8. The van der Waals surface area contributed by atoms with Crippen LogP contribution >= 0.6 is 12.2 Å². The summed E-state index contributed by atoms with van der Waals surface area (Å²) in [6.45, 7) is 0. The van der Waals surface area contributed by atoms with Crippen LogP contribution in [0.15, 0.2) is 42.9 Å². The van der Waals surface area contributed by atoms with Crippen LogP contribution in [0.3, 0.4) is 0 Å². The van der Waals surface area contributed by atoms with Crippen LogP contribution in [0.2, 0.25) is 0 Å². The van der Waals surface area contributed by atoms with Gasteiger partial charge in [-0.15, -0.1) is 0 Å². The number of hydrogen-bond donors (Lipinski definition) is 2. The molecule has 0 saturated heterocycles. The first kappa shape index (κ1) is 15.3. The third-order valence-electron chi connectivity index (χ3n) is 4.70. The fourth-order valence-corrected chi connectivity index (χ4v) is 3.77. The van der Waals surface area contributed by atoms with Gasteiger partial charge in [0.25, 0.3) is 0 Å². The first-order valence-corrected chi connectivity index (χ1v) is 8.91. The van der Waals surface area contributed by atoms with E-state index in [1.54, 1.807) is 6.20 Å². The van der Waals surface area contributed by atoms with Crippen LogP contribution in [0.25, 0.3) is 21.7 Å². The lowest BCUT2D eigenvalue weighted by atomic mass is 9.96. The number of rotatable bonds is 2. The predicted molar refractivity (Wildman–Crippen MR) is 103 cm³/mol. The Bertz CT molecular complexity index is 887. The average Bonchev–Trinajstić information content (AvgIpc) is 2.63. The van der Waals surface area contributed by atoms with Crippen molar-refractivity contribution < 1.29 is 0 Å². The fourth-order valence-electron chi connectivity index (χ4n) is 3.49. The maximum Gasteiger partial charge on any atom is 0.171 e. The molecule has 2 heterocycles. The van der Waals surface area contributed by atoms with Crippen LogP contribution in [0.1, 0.15) is 32.1 Å². The molecule has 0 bridgehead atoms. The van der Waals surface area contributed by atoms with Gasteiger partial charge in [0.1, 0.15) is 0 Å². The van der Waals surface area contributed by atoms with E-state index in [-0.39, 0.29) is 0 Å². The molecule has 0 unspecified atom stereocenters. The smallest absolute Gasteiger partial charge is 0.171 e. The van der Waals surface area contributed by atoms with Gasteiger partial charge in [0.05, 0.1) is 11.2 Å². The van der Waals surface area contributed by atoms with Gasteiger partial charge in [-0.3, -0.25) is 9.97 Å². The molecule has 1 aliphatic rings. The van der Waals surface area contributed by atoms with Gasteiger partial charge in [-0.2, -0.15) is 0 Å². The van der Waals surface area contributed by atoms with Crippen molar-refractivity contribution in [1.82, 2.24) is 15.3 Å². The molecule has 2 aromatic heterocycles. The molecule has 0 atom stereocenters. The molecule has 1 saturated carbocycles. The highest BCUT2D eigenvalue weighted by molar-refractivity contribution is 7.80. The molecule has 1 aromatic carbocycles. The predicted octanol–water partition coefficient (Wildman–Crippen LogP) is 4.40. The zero-order chi connectivity index (χ0) is 16.4. The van der Waals surface area contributed by atoms with Crippen LogP contribution in [-0.2, 0) is 0 Å². The molecule has 0 amide bonds. The average molecular weight is 336 g/mol. The van der Waals surface area contributed by atoms with Crippen molar-refractivity contribution in [2.45, 2.75) is 38.1 Å². The Hall–Kier alpha value is -2.27. The zero-order valence-corrected chi connectivity index (χ0v) is 14.3. The van der Waals surface area contributed by atoms with E-state index in [9.17, 15) is 0 Å². The molecule has 24 heavy (non-hydrogen) atoms. The largest absolute Gasteiger partial charge is 0.360 e.